The van der Waals surface area contributed by atoms with Crippen LogP contribution in [0.15, 0.2) is 29.0 Å². The Morgan fingerprint density at radius 3 is 2.91 bits per heavy atom. The zero-order valence-electron chi connectivity index (χ0n) is 13.9. The number of fused-ring (bicyclic) bond motifs is 1. The smallest absolute Gasteiger partial charge is 0.138 e. The van der Waals surface area contributed by atoms with Crippen molar-refractivity contribution in [2.24, 2.45) is 5.92 Å². The molecule has 23 heavy (non-hydrogen) atoms. The Morgan fingerprint density at radius 2 is 2.17 bits per heavy atom. The number of piperidine rings is 1. The first kappa shape index (κ1) is 14.8. The van der Waals surface area contributed by atoms with E-state index in [0.717, 1.165) is 37.0 Å². The predicted octanol–water partition coefficient (Wildman–Crippen LogP) is 2.39. The highest BCUT2D eigenvalue weighted by Gasteiger charge is 2.42. The van der Waals surface area contributed by atoms with Gasteiger partial charge in [0, 0.05) is 50.2 Å². The maximum absolute atomic E-state index is 5.30. The van der Waals surface area contributed by atoms with E-state index in [4.69, 9.17) is 4.52 Å². The lowest BCUT2D eigenvalue weighted by atomic mass is 9.82. The van der Waals surface area contributed by atoms with Gasteiger partial charge in [-0.05, 0) is 44.4 Å². The molecule has 2 atom stereocenters. The number of hydrogen-bond acceptors (Lipinski definition) is 5. The zero-order valence-corrected chi connectivity index (χ0v) is 13.9. The third-order valence-electron chi connectivity index (χ3n) is 5.41. The van der Waals surface area contributed by atoms with Crippen molar-refractivity contribution in [1.82, 2.24) is 19.9 Å². The fourth-order valence-electron chi connectivity index (χ4n) is 3.97. The molecule has 0 N–H and O–H groups in total. The van der Waals surface area contributed by atoms with E-state index >= 15 is 0 Å². The van der Waals surface area contributed by atoms with E-state index < -0.39 is 0 Å². The minimum Gasteiger partial charge on any atom is -0.361 e. The van der Waals surface area contributed by atoms with Crippen molar-refractivity contribution in [3.8, 4) is 0 Å². The van der Waals surface area contributed by atoms with Gasteiger partial charge in [-0.15, -0.1) is 0 Å². The van der Waals surface area contributed by atoms with Gasteiger partial charge in [0.15, 0.2) is 0 Å². The van der Waals surface area contributed by atoms with Gasteiger partial charge in [-0.3, -0.25) is 14.8 Å². The lowest BCUT2D eigenvalue weighted by Gasteiger charge is -2.53. The molecule has 0 amide bonds. The molecule has 0 radical (unpaired) electrons. The number of hydrogen-bond donors (Lipinski definition) is 0. The molecular formula is C18H24N4O. The third kappa shape index (κ3) is 2.91. The number of nitrogens with zero attached hydrogens (tertiary/aromatic N) is 4. The highest BCUT2D eigenvalue weighted by atomic mass is 16.5. The summed E-state index contributed by atoms with van der Waals surface area (Å²) in [7, 11) is 0. The molecule has 2 fully saturated rings. The standard InChI is InChI=1S/C18H24N4O/c1-13-17(14(2)23-20-13)11-21-7-5-16-10-22(18(16)12-21)9-15-4-3-6-19-8-15/h3-4,6,8,16,18H,5,7,9-12H2,1-2H3/t16-,18-/m1/s1. The van der Waals surface area contributed by atoms with Crippen LogP contribution in [0.2, 0.25) is 0 Å². The van der Waals surface area contributed by atoms with Gasteiger partial charge in [0.25, 0.3) is 0 Å². The Balaban J connectivity index is 1.39. The molecule has 2 aromatic heterocycles. The summed E-state index contributed by atoms with van der Waals surface area (Å²) in [5, 5.41) is 4.08. The van der Waals surface area contributed by atoms with Gasteiger partial charge < -0.3 is 4.52 Å². The molecule has 0 bridgehead atoms. The second-order valence-corrected chi connectivity index (χ2v) is 6.94. The summed E-state index contributed by atoms with van der Waals surface area (Å²) in [6.45, 7) is 9.61. The highest BCUT2D eigenvalue weighted by Crippen LogP contribution is 2.34. The van der Waals surface area contributed by atoms with Crippen LogP contribution in [-0.2, 0) is 13.1 Å². The second kappa shape index (κ2) is 6.06. The van der Waals surface area contributed by atoms with Crippen molar-refractivity contribution in [1.29, 1.82) is 0 Å². The van der Waals surface area contributed by atoms with Gasteiger partial charge in [-0.25, -0.2) is 0 Å². The number of rotatable bonds is 4. The molecule has 0 aliphatic carbocycles. The summed E-state index contributed by atoms with van der Waals surface area (Å²) >= 11 is 0. The van der Waals surface area contributed by atoms with E-state index in [-0.39, 0.29) is 0 Å². The molecule has 2 aromatic rings. The Morgan fingerprint density at radius 1 is 1.26 bits per heavy atom. The van der Waals surface area contributed by atoms with E-state index in [1.165, 1.54) is 30.6 Å². The van der Waals surface area contributed by atoms with Crippen LogP contribution in [0.1, 0.15) is 29.0 Å². The van der Waals surface area contributed by atoms with Gasteiger partial charge in [0.1, 0.15) is 5.76 Å². The summed E-state index contributed by atoms with van der Waals surface area (Å²) in [6.07, 6.45) is 5.13. The molecule has 0 aromatic carbocycles. The van der Waals surface area contributed by atoms with E-state index in [1.54, 1.807) is 0 Å². The van der Waals surface area contributed by atoms with Crippen LogP contribution in [0.3, 0.4) is 0 Å². The summed E-state index contributed by atoms with van der Waals surface area (Å²) in [5.74, 6) is 1.83. The van der Waals surface area contributed by atoms with Crippen LogP contribution < -0.4 is 0 Å². The Hall–Kier alpha value is -1.72. The van der Waals surface area contributed by atoms with Gasteiger partial charge in [-0.2, -0.15) is 0 Å². The maximum Gasteiger partial charge on any atom is 0.138 e. The van der Waals surface area contributed by atoms with Crippen LogP contribution in [0, 0.1) is 19.8 Å². The first-order valence-corrected chi connectivity index (χ1v) is 8.48. The first-order chi connectivity index (χ1) is 11.2. The van der Waals surface area contributed by atoms with Gasteiger partial charge >= 0.3 is 0 Å². The molecule has 0 spiro atoms. The molecule has 2 aliphatic rings. The first-order valence-electron chi connectivity index (χ1n) is 8.48. The fourth-order valence-corrected chi connectivity index (χ4v) is 3.97. The second-order valence-electron chi connectivity index (χ2n) is 6.94. The molecule has 2 aliphatic heterocycles. The molecular weight excluding hydrogens is 288 g/mol. The number of pyridine rings is 1. The molecule has 5 heteroatoms. The number of aromatic nitrogens is 2. The summed E-state index contributed by atoms with van der Waals surface area (Å²) in [6, 6.07) is 4.88. The maximum atomic E-state index is 5.30. The van der Waals surface area contributed by atoms with Crippen LogP contribution in [0.4, 0.5) is 0 Å². The zero-order chi connectivity index (χ0) is 15.8. The average molecular weight is 312 g/mol. The molecule has 5 nitrogen and oxygen atoms in total. The highest BCUT2D eigenvalue weighted by molar-refractivity contribution is 5.21. The third-order valence-corrected chi connectivity index (χ3v) is 5.41. The van der Waals surface area contributed by atoms with Crippen LogP contribution in [0.25, 0.3) is 0 Å². The average Bonchev–Trinajstić information content (AvgIpc) is 2.87. The lowest BCUT2D eigenvalue weighted by Crippen LogP contribution is -2.63. The number of aryl methyl sites for hydroxylation is 2. The minimum absolute atomic E-state index is 0.685. The number of likely N-dealkylation sites (tertiary alicyclic amines) is 2. The molecule has 4 heterocycles. The van der Waals surface area contributed by atoms with Crippen LogP contribution >= 0.6 is 0 Å². The largest absolute Gasteiger partial charge is 0.361 e. The predicted molar refractivity (Wildman–Crippen MR) is 87.8 cm³/mol. The SMILES string of the molecule is Cc1noc(C)c1CN1CC[C@@H]2CN(Cc3cccnc3)[C@@H]2C1. The molecule has 0 unspecified atom stereocenters. The van der Waals surface area contributed by atoms with Gasteiger partial charge in [0.05, 0.1) is 5.69 Å². The monoisotopic (exact) mass is 312 g/mol. The summed E-state index contributed by atoms with van der Waals surface area (Å²) in [5.41, 5.74) is 3.61. The lowest BCUT2D eigenvalue weighted by molar-refractivity contribution is -0.0516. The fraction of sp³-hybridized carbons (Fsp3) is 0.556. The van der Waals surface area contributed by atoms with Crippen LogP contribution in [0.5, 0.6) is 0 Å². The minimum atomic E-state index is 0.685. The van der Waals surface area contributed by atoms with Crippen molar-refractivity contribution >= 4 is 0 Å². The normalized spacial score (nSPS) is 25.1. The van der Waals surface area contributed by atoms with Crippen molar-refractivity contribution in [3.05, 3.63) is 47.1 Å². The Bertz CT molecular complexity index is 649. The van der Waals surface area contributed by atoms with Crippen molar-refractivity contribution in [3.63, 3.8) is 0 Å². The van der Waals surface area contributed by atoms with Crippen molar-refractivity contribution < 1.29 is 4.52 Å². The molecule has 122 valence electrons. The topological polar surface area (TPSA) is 45.4 Å². The molecule has 4 rings (SSSR count). The van der Waals surface area contributed by atoms with E-state index in [9.17, 15) is 0 Å². The summed E-state index contributed by atoms with van der Waals surface area (Å²) in [4.78, 5) is 9.39. The Kier molecular flexibility index (Phi) is 3.91. The quantitative estimate of drug-likeness (QED) is 0.867. The van der Waals surface area contributed by atoms with E-state index in [1.807, 2.05) is 32.3 Å². The van der Waals surface area contributed by atoms with Gasteiger partial charge in [-0.1, -0.05) is 11.2 Å². The summed E-state index contributed by atoms with van der Waals surface area (Å²) < 4.78 is 5.30. The van der Waals surface area contributed by atoms with Gasteiger partial charge in [0.2, 0.25) is 0 Å². The molecule has 2 saturated heterocycles. The van der Waals surface area contributed by atoms with E-state index in [0.29, 0.717) is 6.04 Å². The van der Waals surface area contributed by atoms with Crippen molar-refractivity contribution in [2.45, 2.75) is 39.4 Å². The van der Waals surface area contributed by atoms with E-state index in [2.05, 4.69) is 26.0 Å². The van der Waals surface area contributed by atoms with Crippen LogP contribution in [-0.4, -0.2) is 45.6 Å². The van der Waals surface area contributed by atoms with Crippen molar-refractivity contribution in [2.75, 3.05) is 19.6 Å². The Labute approximate surface area is 137 Å². The molecule has 0 saturated carbocycles.